The van der Waals surface area contributed by atoms with Gasteiger partial charge in [0.2, 0.25) is 5.91 Å². The second-order valence-corrected chi connectivity index (χ2v) is 3.93. The molecular formula is C13H16N2O3. The van der Waals surface area contributed by atoms with E-state index < -0.39 is 5.91 Å². The zero-order valence-electron chi connectivity index (χ0n) is 10.2. The number of hydrogen-bond donors (Lipinski definition) is 2. The van der Waals surface area contributed by atoms with Crippen LogP contribution in [0.3, 0.4) is 0 Å². The van der Waals surface area contributed by atoms with Crippen molar-refractivity contribution in [1.29, 1.82) is 0 Å². The molecule has 2 rings (SSSR count). The number of hydroxylamine groups is 1. The summed E-state index contributed by atoms with van der Waals surface area (Å²) >= 11 is 0. The van der Waals surface area contributed by atoms with Crippen molar-refractivity contribution >= 4 is 16.9 Å². The summed E-state index contributed by atoms with van der Waals surface area (Å²) in [5.41, 5.74) is 9.62. The van der Waals surface area contributed by atoms with Crippen molar-refractivity contribution in [3.63, 3.8) is 0 Å². The van der Waals surface area contributed by atoms with E-state index in [0.29, 0.717) is 6.54 Å². The van der Waals surface area contributed by atoms with Crippen LogP contribution in [0.2, 0.25) is 0 Å². The van der Waals surface area contributed by atoms with Gasteiger partial charge in [0.15, 0.2) is 0 Å². The molecule has 1 heterocycles. The number of nitrogens with one attached hydrogen (secondary N) is 1. The predicted molar refractivity (Wildman–Crippen MR) is 67.6 cm³/mol. The van der Waals surface area contributed by atoms with Crippen molar-refractivity contribution in [2.45, 2.75) is 19.9 Å². The highest BCUT2D eigenvalue weighted by atomic mass is 16.6. The van der Waals surface area contributed by atoms with Crippen LogP contribution < -0.4 is 11.2 Å². The van der Waals surface area contributed by atoms with Crippen molar-refractivity contribution in [2.75, 3.05) is 6.61 Å². The number of hydrogen-bond acceptors (Lipinski definition) is 4. The van der Waals surface area contributed by atoms with Gasteiger partial charge in [-0.15, -0.1) is 0 Å². The van der Waals surface area contributed by atoms with E-state index >= 15 is 0 Å². The van der Waals surface area contributed by atoms with E-state index in [-0.39, 0.29) is 6.61 Å². The largest absolute Gasteiger partial charge is 0.461 e. The number of nitrogens with two attached hydrogens (primary N) is 1. The van der Waals surface area contributed by atoms with Gasteiger partial charge in [-0.2, -0.15) is 5.48 Å². The van der Waals surface area contributed by atoms with Crippen molar-refractivity contribution in [2.24, 2.45) is 5.73 Å². The molecule has 1 aromatic heterocycles. The van der Waals surface area contributed by atoms with Gasteiger partial charge in [-0.3, -0.25) is 9.63 Å². The molecule has 0 saturated carbocycles. The average molecular weight is 248 g/mol. The lowest BCUT2D eigenvalue weighted by Crippen LogP contribution is -2.24. The lowest BCUT2D eigenvalue weighted by atomic mass is 10.1. The first kappa shape index (κ1) is 12.6. The summed E-state index contributed by atoms with van der Waals surface area (Å²) in [5.74, 6) is 0.418. The van der Waals surface area contributed by atoms with Crippen LogP contribution >= 0.6 is 0 Å². The molecule has 18 heavy (non-hydrogen) atoms. The van der Waals surface area contributed by atoms with Gasteiger partial charge < -0.3 is 10.2 Å². The van der Waals surface area contributed by atoms with Crippen molar-refractivity contribution in [3.8, 4) is 0 Å². The molecule has 0 fully saturated rings. The minimum absolute atomic E-state index is 0.142. The molecule has 0 radical (unpaired) electrons. The Balaban J connectivity index is 2.13. The van der Waals surface area contributed by atoms with Crippen LogP contribution in [0.25, 0.3) is 11.0 Å². The third kappa shape index (κ3) is 2.69. The van der Waals surface area contributed by atoms with Crippen LogP contribution in [0.5, 0.6) is 0 Å². The molecule has 0 spiro atoms. The van der Waals surface area contributed by atoms with E-state index in [4.69, 9.17) is 15.0 Å². The van der Waals surface area contributed by atoms with E-state index in [2.05, 4.69) is 5.48 Å². The maximum Gasteiger partial charge on any atom is 0.245 e. The van der Waals surface area contributed by atoms with Gasteiger partial charge in [0.25, 0.3) is 0 Å². The predicted octanol–water partition coefficient (Wildman–Crippen LogP) is 1.50. The van der Waals surface area contributed by atoms with Crippen LogP contribution in [-0.2, 0) is 22.6 Å². The normalized spacial score (nSPS) is 10.9. The maximum atomic E-state index is 10.5. The lowest BCUT2D eigenvalue weighted by Gasteiger charge is -2.04. The van der Waals surface area contributed by atoms with Gasteiger partial charge in [0, 0.05) is 17.4 Å². The highest BCUT2D eigenvalue weighted by Gasteiger charge is 2.11. The molecule has 0 bridgehead atoms. The van der Waals surface area contributed by atoms with Gasteiger partial charge in [-0.05, 0) is 6.07 Å². The summed E-state index contributed by atoms with van der Waals surface area (Å²) in [6.07, 6.45) is 0.807. The van der Waals surface area contributed by atoms with Crippen molar-refractivity contribution < 1.29 is 14.0 Å². The molecule has 0 unspecified atom stereocenters. The number of carbonyl (C=O) groups excluding carboxylic acids is 1. The van der Waals surface area contributed by atoms with Crippen LogP contribution in [-0.4, -0.2) is 12.5 Å². The maximum absolute atomic E-state index is 10.5. The quantitative estimate of drug-likeness (QED) is 0.600. The molecule has 0 atom stereocenters. The van der Waals surface area contributed by atoms with Gasteiger partial charge in [-0.25, -0.2) is 0 Å². The number of amides is 1. The molecule has 1 aromatic carbocycles. The first-order chi connectivity index (χ1) is 8.72. The molecule has 0 aliphatic carbocycles. The highest BCUT2D eigenvalue weighted by Crippen LogP contribution is 2.25. The number of benzene rings is 1. The number of para-hydroxylation sites is 1. The number of rotatable bonds is 6. The Bertz CT molecular complexity index is 548. The van der Waals surface area contributed by atoms with Crippen molar-refractivity contribution in [3.05, 3.63) is 35.6 Å². The smallest absolute Gasteiger partial charge is 0.245 e. The van der Waals surface area contributed by atoms with Gasteiger partial charge >= 0.3 is 0 Å². The van der Waals surface area contributed by atoms with Gasteiger partial charge in [0.05, 0.1) is 6.54 Å². The minimum Gasteiger partial charge on any atom is -0.461 e. The van der Waals surface area contributed by atoms with E-state index in [1.54, 1.807) is 0 Å². The Morgan fingerprint density at radius 2 is 2.22 bits per heavy atom. The zero-order chi connectivity index (χ0) is 13.0. The highest BCUT2D eigenvalue weighted by molar-refractivity contribution is 5.82. The standard InChI is InChI=1S/C13H16N2O3/c1-2-11-10(7-15-17-8-13(14)16)9-5-3-4-6-12(9)18-11/h3-6,15H,2,7-8H2,1H3,(H2,14,16). The fourth-order valence-electron chi connectivity index (χ4n) is 1.87. The monoisotopic (exact) mass is 248 g/mol. The molecule has 2 aromatic rings. The summed E-state index contributed by atoms with van der Waals surface area (Å²) in [6.45, 7) is 2.37. The topological polar surface area (TPSA) is 77.5 Å². The third-order valence-electron chi connectivity index (χ3n) is 2.67. The number of furan rings is 1. The first-order valence-electron chi connectivity index (χ1n) is 5.84. The summed E-state index contributed by atoms with van der Waals surface area (Å²) in [6, 6.07) is 7.84. The lowest BCUT2D eigenvalue weighted by molar-refractivity contribution is -0.125. The Labute approximate surface area is 105 Å². The fourth-order valence-corrected chi connectivity index (χ4v) is 1.87. The summed E-state index contributed by atoms with van der Waals surface area (Å²) < 4.78 is 5.74. The second-order valence-electron chi connectivity index (χ2n) is 3.93. The number of primary amides is 1. The van der Waals surface area contributed by atoms with Crippen LogP contribution in [0.15, 0.2) is 28.7 Å². The van der Waals surface area contributed by atoms with Gasteiger partial charge in [-0.1, -0.05) is 25.1 Å². The van der Waals surface area contributed by atoms with E-state index in [0.717, 1.165) is 28.7 Å². The Morgan fingerprint density at radius 3 is 2.94 bits per heavy atom. The molecule has 0 saturated heterocycles. The molecule has 0 aliphatic rings. The van der Waals surface area contributed by atoms with Crippen molar-refractivity contribution in [1.82, 2.24) is 5.48 Å². The van der Waals surface area contributed by atoms with Crippen LogP contribution in [0.4, 0.5) is 0 Å². The minimum atomic E-state index is -0.504. The Kier molecular flexibility index (Phi) is 3.96. The first-order valence-corrected chi connectivity index (χ1v) is 5.84. The summed E-state index contributed by atoms with van der Waals surface area (Å²) in [5, 5.41) is 1.06. The molecular weight excluding hydrogens is 232 g/mol. The molecule has 1 amide bonds. The third-order valence-corrected chi connectivity index (χ3v) is 2.67. The SMILES string of the molecule is CCc1oc2ccccc2c1CNOCC(N)=O. The van der Waals surface area contributed by atoms with E-state index in [9.17, 15) is 4.79 Å². The molecule has 96 valence electrons. The van der Waals surface area contributed by atoms with E-state index in [1.807, 2.05) is 31.2 Å². The van der Waals surface area contributed by atoms with Gasteiger partial charge in [0.1, 0.15) is 18.0 Å². The number of carbonyl (C=O) groups is 1. The molecule has 3 N–H and O–H groups in total. The Hall–Kier alpha value is -1.85. The summed E-state index contributed by atoms with van der Waals surface area (Å²) in [7, 11) is 0. The second kappa shape index (κ2) is 5.66. The number of aryl methyl sites for hydroxylation is 1. The fraction of sp³-hybridized carbons (Fsp3) is 0.308. The molecule has 5 heteroatoms. The molecule has 0 aliphatic heterocycles. The zero-order valence-corrected chi connectivity index (χ0v) is 10.2. The Morgan fingerprint density at radius 1 is 1.44 bits per heavy atom. The summed E-state index contributed by atoms with van der Waals surface area (Å²) in [4.78, 5) is 15.5. The van der Waals surface area contributed by atoms with E-state index in [1.165, 1.54) is 0 Å². The number of fused-ring (bicyclic) bond motifs is 1. The molecule has 5 nitrogen and oxygen atoms in total. The average Bonchev–Trinajstić information content (AvgIpc) is 2.72. The van der Waals surface area contributed by atoms with Crippen LogP contribution in [0, 0.1) is 0 Å². The van der Waals surface area contributed by atoms with Crippen LogP contribution in [0.1, 0.15) is 18.2 Å².